The number of carbonyl (C=O) groups excluding carboxylic acids is 2. The predicted octanol–water partition coefficient (Wildman–Crippen LogP) is 3.12. The third kappa shape index (κ3) is 4.60. The summed E-state index contributed by atoms with van der Waals surface area (Å²) in [7, 11) is 0. The molecule has 0 fully saturated rings. The molecular weight excluding hydrogens is 389 g/mol. The van der Waals surface area contributed by atoms with Crippen LogP contribution in [-0.2, 0) is 11.0 Å². The number of imide groups is 1. The van der Waals surface area contributed by atoms with Gasteiger partial charge in [-0.1, -0.05) is 6.07 Å². The van der Waals surface area contributed by atoms with Crippen molar-refractivity contribution in [1.82, 2.24) is 0 Å². The van der Waals surface area contributed by atoms with Gasteiger partial charge in [-0.25, -0.2) is 9.69 Å². The minimum Gasteiger partial charge on any atom is -0.395 e. The minimum absolute atomic E-state index is 0.0372. The molecule has 0 atom stereocenters. The number of rotatable bonds is 5. The van der Waals surface area contributed by atoms with Crippen LogP contribution in [0.4, 0.5) is 40.7 Å². The van der Waals surface area contributed by atoms with E-state index in [0.717, 1.165) is 29.6 Å². The van der Waals surface area contributed by atoms with E-state index in [1.165, 1.54) is 6.07 Å². The van der Waals surface area contributed by atoms with Gasteiger partial charge in [0.05, 0.1) is 29.2 Å². The number of anilines is 4. The van der Waals surface area contributed by atoms with Crippen LogP contribution in [0.2, 0.25) is 0 Å². The van der Waals surface area contributed by atoms with E-state index in [9.17, 15) is 27.9 Å². The molecule has 0 unspecified atom stereocenters. The third-order valence-electron chi connectivity index (χ3n) is 4.43. The summed E-state index contributed by atoms with van der Waals surface area (Å²) in [6.07, 6.45) is -4.44. The van der Waals surface area contributed by atoms with Crippen LogP contribution in [0, 0.1) is 0 Å². The third-order valence-corrected chi connectivity index (χ3v) is 4.43. The molecule has 154 valence electrons. The molecule has 0 spiro atoms. The molecule has 2 aromatic rings. The molecule has 0 aliphatic carbocycles. The van der Waals surface area contributed by atoms with Gasteiger partial charge in [0.15, 0.2) is 0 Å². The highest BCUT2D eigenvalue weighted by molar-refractivity contribution is 6.12. The Morgan fingerprint density at radius 3 is 2.76 bits per heavy atom. The van der Waals surface area contributed by atoms with Crippen molar-refractivity contribution in [2.75, 3.05) is 46.7 Å². The van der Waals surface area contributed by atoms with Crippen molar-refractivity contribution in [3.63, 3.8) is 0 Å². The molecule has 7 nitrogen and oxygen atoms in total. The zero-order chi connectivity index (χ0) is 21.0. The maximum absolute atomic E-state index is 12.9. The summed E-state index contributed by atoms with van der Waals surface area (Å²) < 4.78 is 38.7. The molecule has 1 aliphatic heterocycles. The summed E-state index contributed by atoms with van der Waals surface area (Å²) in [5.74, 6) is 0. The van der Waals surface area contributed by atoms with E-state index in [1.807, 2.05) is 4.90 Å². The van der Waals surface area contributed by atoms with E-state index in [4.69, 9.17) is 0 Å². The first kappa shape index (κ1) is 20.5. The Bertz CT molecular complexity index is 905. The van der Waals surface area contributed by atoms with Crippen molar-refractivity contribution in [2.45, 2.75) is 6.18 Å². The average Bonchev–Trinajstić information content (AvgIpc) is 2.69. The lowest BCUT2D eigenvalue weighted by atomic mass is 10.1. The Morgan fingerprint density at radius 1 is 1.28 bits per heavy atom. The molecular formula is C19H19F3N4O3. The van der Waals surface area contributed by atoms with E-state index in [-0.39, 0.29) is 18.7 Å². The van der Waals surface area contributed by atoms with Crippen molar-refractivity contribution in [3.05, 3.63) is 48.0 Å². The van der Waals surface area contributed by atoms with Gasteiger partial charge < -0.3 is 20.6 Å². The standard InChI is InChI=1S/C19H19F3N4O3/c20-19(21,22)13-2-1-3-15(10-13)26(12-28)18(29)24-14-4-5-16-17(11-14)25(8-9-27)7-6-23-16/h1-5,10-12,23,27H,6-9H2,(H,24,29). The van der Waals surface area contributed by atoms with Crippen LogP contribution in [0.5, 0.6) is 0 Å². The number of nitrogens with one attached hydrogen (secondary N) is 2. The summed E-state index contributed by atoms with van der Waals surface area (Å²) in [4.78, 5) is 26.4. The second kappa shape index (κ2) is 8.39. The molecule has 3 amide bonds. The zero-order valence-corrected chi connectivity index (χ0v) is 15.2. The van der Waals surface area contributed by atoms with Gasteiger partial charge in [0, 0.05) is 25.3 Å². The summed E-state index contributed by atoms with van der Waals surface area (Å²) >= 11 is 0. The molecule has 3 rings (SSSR count). The number of urea groups is 1. The fraction of sp³-hybridized carbons (Fsp3) is 0.263. The van der Waals surface area contributed by atoms with Crippen LogP contribution in [0.3, 0.4) is 0 Å². The topological polar surface area (TPSA) is 84.9 Å². The van der Waals surface area contributed by atoms with Gasteiger partial charge in [0.2, 0.25) is 6.41 Å². The lowest BCUT2D eigenvalue weighted by molar-refractivity contribution is -0.137. The number of alkyl halides is 3. The molecule has 0 saturated carbocycles. The van der Waals surface area contributed by atoms with Gasteiger partial charge in [-0.05, 0) is 36.4 Å². The van der Waals surface area contributed by atoms with Crippen LogP contribution in [0.25, 0.3) is 0 Å². The molecule has 3 N–H and O–H groups in total. The minimum atomic E-state index is -4.59. The number of aliphatic hydroxyl groups excluding tert-OH is 1. The molecule has 10 heteroatoms. The lowest BCUT2D eigenvalue weighted by Gasteiger charge is -2.32. The quantitative estimate of drug-likeness (QED) is 0.662. The van der Waals surface area contributed by atoms with Crippen LogP contribution in [0.1, 0.15) is 5.56 Å². The van der Waals surface area contributed by atoms with Crippen LogP contribution < -0.4 is 20.4 Å². The van der Waals surface area contributed by atoms with Gasteiger partial charge in [0.25, 0.3) is 0 Å². The molecule has 0 aromatic heterocycles. The number of β-amino-alcohol motifs (C(OH)–C–C–N with tert-alkyl or cyclic N) is 1. The monoisotopic (exact) mass is 408 g/mol. The van der Waals surface area contributed by atoms with Crippen molar-refractivity contribution in [2.24, 2.45) is 0 Å². The normalized spacial score (nSPS) is 13.3. The largest absolute Gasteiger partial charge is 0.416 e. The highest BCUT2D eigenvalue weighted by Crippen LogP contribution is 2.33. The number of carbonyl (C=O) groups is 2. The van der Waals surface area contributed by atoms with E-state index in [1.54, 1.807) is 18.2 Å². The smallest absolute Gasteiger partial charge is 0.395 e. The number of aliphatic hydroxyl groups is 1. The Kier molecular flexibility index (Phi) is 5.92. The summed E-state index contributed by atoms with van der Waals surface area (Å²) in [5, 5.41) is 14.9. The molecule has 1 heterocycles. The molecule has 0 radical (unpaired) electrons. The van der Waals surface area contributed by atoms with Gasteiger partial charge >= 0.3 is 12.2 Å². The molecule has 2 aromatic carbocycles. The van der Waals surface area contributed by atoms with Gasteiger partial charge in [-0.3, -0.25) is 4.79 Å². The van der Waals surface area contributed by atoms with Gasteiger partial charge in [0.1, 0.15) is 0 Å². The average molecular weight is 408 g/mol. The fourth-order valence-electron chi connectivity index (χ4n) is 3.06. The first-order chi connectivity index (χ1) is 13.8. The van der Waals surface area contributed by atoms with Crippen LogP contribution in [-0.4, -0.2) is 43.8 Å². The molecule has 0 saturated heterocycles. The number of fused-ring (bicyclic) bond motifs is 1. The molecule has 1 aliphatic rings. The number of nitrogens with zero attached hydrogens (tertiary/aromatic N) is 2. The van der Waals surface area contributed by atoms with Gasteiger partial charge in [-0.15, -0.1) is 0 Å². The maximum atomic E-state index is 12.9. The fourth-order valence-corrected chi connectivity index (χ4v) is 3.06. The first-order valence-corrected chi connectivity index (χ1v) is 8.80. The second-order valence-electron chi connectivity index (χ2n) is 6.32. The van der Waals surface area contributed by atoms with Crippen molar-refractivity contribution in [1.29, 1.82) is 0 Å². The van der Waals surface area contributed by atoms with E-state index < -0.39 is 17.8 Å². The summed E-state index contributed by atoms with van der Waals surface area (Å²) in [5.41, 5.74) is 0.787. The SMILES string of the molecule is O=CN(C(=O)Nc1ccc2c(c1)N(CCO)CCN2)c1cccc(C(F)(F)F)c1. The Balaban J connectivity index is 1.82. The van der Waals surface area contributed by atoms with Gasteiger partial charge in [-0.2, -0.15) is 13.2 Å². The van der Waals surface area contributed by atoms with E-state index in [2.05, 4.69) is 10.6 Å². The number of halogens is 3. The zero-order valence-electron chi connectivity index (χ0n) is 15.2. The number of hydrogen-bond acceptors (Lipinski definition) is 5. The number of amides is 3. The maximum Gasteiger partial charge on any atom is 0.416 e. The summed E-state index contributed by atoms with van der Waals surface area (Å²) in [6, 6.07) is 8.08. The van der Waals surface area contributed by atoms with E-state index in [0.29, 0.717) is 30.2 Å². The first-order valence-electron chi connectivity index (χ1n) is 8.80. The van der Waals surface area contributed by atoms with Crippen molar-refractivity contribution < 1.29 is 27.9 Å². The van der Waals surface area contributed by atoms with Crippen LogP contribution in [0.15, 0.2) is 42.5 Å². The lowest BCUT2D eigenvalue weighted by Crippen LogP contribution is -2.36. The van der Waals surface area contributed by atoms with E-state index >= 15 is 0 Å². The Labute approximate surface area is 164 Å². The molecule has 0 bridgehead atoms. The highest BCUT2D eigenvalue weighted by Gasteiger charge is 2.31. The number of benzene rings is 2. The Hall–Kier alpha value is -3.27. The predicted molar refractivity (Wildman–Crippen MR) is 103 cm³/mol. The second-order valence-corrected chi connectivity index (χ2v) is 6.32. The van der Waals surface area contributed by atoms with Crippen molar-refractivity contribution >= 4 is 35.2 Å². The van der Waals surface area contributed by atoms with Crippen LogP contribution >= 0.6 is 0 Å². The Morgan fingerprint density at radius 2 is 2.07 bits per heavy atom. The van der Waals surface area contributed by atoms with Crippen molar-refractivity contribution in [3.8, 4) is 0 Å². The summed E-state index contributed by atoms with van der Waals surface area (Å²) in [6.45, 7) is 1.74. The molecule has 29 heavy (non-hydrogen) atoms. The number of hydrogen-bond donors (Lipinski definition) is 3. The highest BCUT2D eigenvalue weighted by atomic mass is 19.4.